The van der Waals surface area contributed by atoms with Crippen molar-refractivity contribution < 1.29 is 0 Å². The lowest BCUT2D eigenvalue weighted by Crippen LogP contribution is -1.78. The van der Waals surface area contributed by atoms with Gasteiger partial charge < -0.3 is 0 Å². The fraction of sp³-hybridized carbons (Fsp3) is 1.00. The summed E-state index contributed by atoms with van der Waals surface area (Å²) in [6, 6.07) is 0. The molecular weight excluding hydrogens is 208 g/mol. The molecule has 4 nitrogen and oxygen atoms in total. The molecule has 0 aromatic carbocycles. The molecule has 0 N–H and O–H groups in total. The molecule has 0 bridgehead atoms. The molecule has 0 unspecified atom stereocenters. The minimum atomic E-state index is 0.812. The molecule has 0 heterocycles. The van der Waals surface area contributed by atoms with E-state index in [9.17, 15) is 0 Å². The van der Waals surface area contributed by atoms with Gasteiger partial charge in [0, 0.05) is 0 Å². The smallest absolute Gasteiger partial charge is 0.159 e. The van der Waals surface area contributed by atoms with E-state index in [1.807, 2.05) is 0 Å². The van der Waals surface area contributed by atoms with Gasteiger partial charge in [-0.25, -0.2) is 0 Å². The Morgan fingerprint density at radius 1 is 0.733 bits per heavy atom. The summed E-state index contributed by atoms with van der Waals surface area (Å²) < 4.78 is 7.68. The van der Waals surface area contributed by atoms with Crippen molar-refractivity contribution in [1.29, 1.82) is 0 Å². The van der Waals surface area contributed by atoms with E-state index in [1.165, 1.54) is 25.7 Å². The van der Waals surface area contributed by atoms with Crippen LogP contribution in [0.1, 0.15) is 52.4 Å². The fourth-order valence-electron chi connectivity index (χ4n) is 1.01. The van der Waals surface area contributed by atoms with Gasteiger partial charge in [0.25, 0.3) is 0 Å². The maximum absolute atomic E-state index is 3.98. The van der Waals surface area contributed by atoms with Crippen molar-refractivity contribution in [3.05, 3.63) is 0 Å². The van der Waals surface area contributed by atoms with Crippen molar-refractivity contribution in [3.8, 4) is 0 Å². The molecule has 0 aromatic rings. The van der Waals surface area contributed by atoms with Crippen LogP contribution in [0.2, 0.25) is 0 Å². The van der Waals surface area contributed by atoms with Gasteiger partial charge in [-0.3, -0.25) is 0 Å². The highest BCUT2D eigenvalue weighted by Crippen LogP contribution is 2.06. The van der Waals surface area contributed by atoms with Gasteiger partial charge in [0.15, 0.2) is 12.1 Å². The molecule has 0 aliphatic rings. The third kappa shape index (κ3) is 13.6. The average Bonchev–Trinajstić information content (AvgIpc) is 2.26. The summed E-state index contributed by atoms with van der Waals surface area (Å²) in [5.74, 6) is 0. The van der Waals surface area contributed by atoms with Crippen LogP contribution in [0.5, 0.6) is 0 Å². The molecule has 0 radical (unpaired) electrons. The van der Waals surface area contributed by atoms with Crippen LogP contribution in [-0.4, -0.2) is 13.1 Å². The molecule has 88 valence electrons. The Morgan fingerprint density at radius 3 is 1.60 bits per heavy atom. The molecule has 0 fully saturated rings. The van der Waals surface area contributed by atoms with Crippen LogP contribution in [0.15, 0.2) is 19.3 Å². The van der Waals surface area contributed by atoms with E-state index in [2.05, 4.69) is 33.1 Å². The lowest BCUT2D eigenvalue weighted by Gasteiger charge is -1.90. The Balaban J connectivity index is 3.14. The predicted octanol–water partition coefficient (Wildman–Crippen LogP) is 4.83. The monoisotopic (exact) mass is 230 g/mol. The number of unbranched alkanes of at least 4 members (excludes halogenated alkanes) is 4. The van der Waals surface area contributed by atoms with Gasteiger partial charge in [-0.1, -0.05) is 48.6 Å². The van der Waals surface area contributed by atoms with Crippen molar-refractivity contribution in [3.63, 3.8) is 0 Å². The Morgan fingerprint density at radius 2 is 1.20 bits per heavy atom. The van der Waals surface area contributed by atoms with Gasteiger partial charge in [-0.2, -0.15) is 10.2 Å². The number of nitrogens with zero attached hydrogens (tertiary/aromatic N) is 4. The first kappa shape index (κ1) is 14.6. The van der Waals surface area contributed by atoms with E-state index in [0.29, 0.717) is 0 Å². The first-order valence-electron chi connectivity index (χ1n) is 5.81. The first-order chi connectivity index (χ1) is 7.41. The summed E-state index contributed by atoms with van der Waals surface area (Å²) in [7, 11) is 0. The molecule has 0 amide bonds. The Labute approximate surface area is 97.3 Å². The quantitative estimate of drug-likeness (QED) is 0.301. The maximum Gasteiger partial charge on any atom is 0.159 e. The summed E-state index contributed by atoms with van der Waals surface area (Å²) in [4.78, 5) is 0. The average molecular weight is 230 g/mol. The second-order valence-corrected chi connectivity index (χ2v) is 3.88. The van der Waals surface area contributed by atoms with E-state index < -0.39 is 0 Å². The molecule has 0 spiro atoms. The van der Waals surface area contributed by atoms with Crippen molar-refractivity contribution in [1.82, 2.24) is 0 Å². The fourth-order valence-corrected chi connectivity index (χ4v) is 1.31. The molecule has 0 atom stereocenters. The molecule has 0 aliphatic carbocycles. The highest BCUT2D eigenvalue weighted by molar-refractivity contribution is 7.96. The van der Waals surface area contributed by atoms with E-state index in [-0.39, 0.29) is 0 Å². The lowest BCUT2D eigenvalue weighted by molar-refractivity contribution is 0.714. The highest BCUT2D eigenvalue weighted by atomic mass is 32.2. The van der Waals surface area contributed by atoms with E-state index >= 15 is 0 Å². The number of hydrogen-bond acceptors (Lipinski definition) is 5. The van der Waals surface area contributed by atoms with Crippen LogP contribution in [0.3, 0.4) is 0 Å². The molecule has 5 heteroatoms. The summed E-state index contributed by atoms with van der Waals surface area (Å²) in [5, 5.41) is 7.95. The molecular formula is C10H22N4S. The zero-order valence-corrected chi connectivity index (χ0v) is 10.7. The highest BCUT2D eigenvalue weighted by Gasteiger charge is 1.84. The normalized spacial score (nSPS) is 11.9. The Bertz CT molecular complexity index is 153. The van der Waals surface area contributed by atoms with Gasteiger partial charge >= 0.3 is 0 Å². The van der Waals surface area contributed by atoms with E-state index in [1.54, 1.807) is 0 Å². The first-order valence-corrected chi connectivity index (χ1v) is 6.54. The zero-order chi connectivity index (χ0) is 11.2. The molecule has 0 rings (SSSR count). The Kier molecular flexibility index (Phi) is 13.1. The minimum Gasteiger partial charge on any atom is -0.180 e. The largest absolute Gasteiger partial charge is 0.180 e. The third-order valence-electron chi connectivity index (χ3n) is 1.91. The van der Waals surface area contributed by atoms with E-state index in [0.717, 1.165) is 38.1 Å². The summed E-state index contributed by atoms with van der Waals surface area (Å²) in [6.07, 6.45) is 7.13. The van der Waals surface area contributed by atoms with Crippen LogP contribution in [0.4, 0.5) is 0 Å². The molecule has 0 saturated heterocycles. The summed E-state index contributed by atoms with van der Waals surface area (Å²) in [6.45, 7) is 5.98. The minimum absolute atomic E-state index is 0.812. The summed E-state index contributed by atoms with van der Waals surface area (Å²) >= 11 is 1.09. The van der Waals surface area contributed by atoms with Crippen LogP contribution in [-0.2, 0) is 0 Å². The maximum atomic E-state index is 3.98. The SMILES string of the molecule is CCCCCN=NSN=NCCCCC. The van der Waals surface area contributed by atoms with Gasteiger partial charge in [0.1, 0.15) is 0 Å². The van der Waals surface area contributed by atoms with Gasteiger partial charge in [-0.05, 0) is 12.8 Å². The van der Waals surface area contributed by atoms with Crippen LogP contribution in [0, 0.1) is 0 Å². The number of rotatable bonds is 10. The van der Waals surface area contributed by atoms with Crippen molar-refractivity contribution in [2.24, 2.45) is 19.3 Å². The van der Waals surface area contributed by atoms with Crippen LogP contribution >= 0.6 is 12.1 Å². The van der Waals surface area contributed by atoms with Crippen LogP contribution in [0.25, 0.3) is 0 Å². The molecule has 15 heavy (non-hydrogen) atoms. The van der Waals surface area contributed by atoms with Crippen molar-refractivity contribution in [2.75, 3.05) is 13.1 Å². The summed E-state index contributed by atoms with van der Waals surface area (Å²) in [5.41, 5.74) is 0. The van der Waals surface area contributed by atoms with Crippen molar-refractivity contribution in [2.45, 2.75) is 52.4 Å². The van der Waals surface area contributed by atoms with Crippen molar-refractivity contribution >= 4 is 12.1 Å². The standard InChI is InChI=1S/C10H22N4S/c1-3-5-7-9-11-13-15-14-12-10-8-6-4-2/h3-10H2,1-2H3. The molecule has 0 aromatic heterocycles. The second kappa shape index (κ2) is 13.5. The van der Waals surface area contributed by atoms with Gasteiger partial charge in [0.05, 0.1) is 13.1 Å². The lowest BCUT2D eigenvalue weighted by atomic mass is 10.3. The second-order valence-electron chi connectivity index (χ2n) is 3.39. The van der Waals surface area contributed by atoms with Gasteiger partial charge in [-0.15, -0.1) is 0 Å². The van der Waals surface area contributed by atoms with Crippen LogP contribution < -0.4 is 0 Å². The predicted molar refractivity (Wildman–Crippen MR) is 66.1 cm³/mol. The molecule has 0 aliphatic heterocycles. The third-order valence-corrected chi connectivity index (χ3v) is 2.29. The zero-order valence-electron chi connectivity index (χ0n) is 9.85. The van der Waals surface area contributed by atoms with Gasteiger partial charge in [0.2, 0.25) is 0 Å². The Hall–Kier alpha value is -0.450. The molecule has 0 saturated carbocycles. The number of hydrogen-bond donors (Lipinski definition) is 0. The topological polar surface area (TPSA) is 49.4 Å². The van der Waals surface area contributed by atoms with E-state index in [4.69, 9.17) is 0 Å².